The highest BCUT2D eigenvalue weighted by molar-refractivity contribution is 5.40. The van der Waals surface area contributed by atoms with Crippen molar-refractivity contribution in [3.05, 3.63) is 42.0 Å². The second-order valence-electron chi connectivity index (χ2n) is 6.92. The minimum Gasteiger partial charge on any atom is -0.494 e. The summed E-state index contributed by atoms with van der Waals surface area (Å²) in [6.07, 6.45) is 14.9. The Kier molecular flexibility index (Phi) is 8.53. The summed E-state index contributed by atoms with van der Waals surface area (Å²) in [4.78, 5) is 0. The highest BCUT2D eigenvalue weighted by Crippen LogP contribution is 2.31. The zero-order chi connectivity index (χ0) is 17.0. The van der Waals surface area contributed by atoms with Crippen molar-refractivity contribution in [2.75, 3.05) is 6.61 Å². The molecule has 1 nitrogen and oxygen atoms in total. The number of rotatable bonds is 7. The Labute approximate surface area is 148 Å². The van der Waals surface area contributed by atoms with E-state index in [1.165, 1.54) is 38.5 Å². The first-order valence-electron chi connectivity index (χ1n) is 9.72. The van der Waals surface area contributed by atoms with Gasteiger partial charge < -0.3 is 4.74 Å². The van der Waals surface area contributed by atoms with Crippen LogP contribution in [0, 0.1) is 23.7 Å². The second kappa shape index (κ2) is 11.0. The molecule has 130 valence electrons. The van der Waals surface area contributed by atoms with Crippen LogP contribution in [0.5, 0.6) is 5.75 Å². The predicted octanol–water partition coefficient (Wildman–Crippen LogP) is 6.38. The van der Waals surface area contributed by atoms with Crippen LogP contribution in [0.2, 0.25) is 0 Å². The molecule has 0 aromatic heterocycles. The van der Waals surface area contributed by atoms with Gasteiger partial charge in [0.2, 0.25) is 0 Å². The third-order valence-corrected chi connectivity index (χ3v) is 4.88. The van der Waals surface area contributed by atoms with E-state index in [-0.39, 0.29) is 0 Å². The second-order valence-corrected chi connectivity index (χ2v) is 6.92. The number of unbranched alkanes of at least 4 members (excludes halogenated alkanes) is 1. The summed E-state index contributed by atoms with van der Waals surface area (Å²) in [6, 6.07) is 8.10. The monoisotopic (exact) mass is 324 g/mol. The number of hydrogen-bond acceptors (Lipinski definition) is 1. The van der Waals surface area contributed by atoms with E-state index in [1.54, 1.807) is 0 Å². The molecule has 1 heteroatoms. The van der Waals surface area contributed by atoms with Crippen molar-refractivity contribution in [3.8, 4) is 17.6 Å². The van der Waals surface area contributed by atoms with Gasteiger partial charge in [-0.25, -0.2) is 0 Å². The summed E-state index contributed by atoms with van der Waals surface area (Å²) in [6.45, 7) is 5.27. The van der Waals surface area contributed by atoms with E-state index in [4.69, 9.17) is 4.74 Å². The highest BCUT2D eigenvalue weighted by Gasteiger charge is 2.18. The predicted molar refractivity (Wildman–Crippen MR) is 103 cm³/mol. The van der Waals surface area contributed by atoms with Crippen molar-refractivity contribution >= 4 is 0 Å². The molecule has 0 spiro atoms. The zero-order valence-electron chi connectivity index (χ0n) is 15.4. The van der Waals surface area contributed by atoms with Crippen molar-refractivity contribution in [3.63, 3.8) is 0 Å². The molecule has 24 heavy (non-hydrogen) atoms. The van der Waals surface area contributed by atoms with Crippen LogP contribution in [0.3, 0.4) is 0 Å². The van der Waals surface area contributed by atoms with Gasteiger partial charge in [-0.1, -0.05) is 51.0 Å². The lowest BCUT2D eigenvalue weighted by Crippen LogP contribution is -2.12. The summed E-state index contributed by atoms with van der Waals surface area (Å²) in [5, 5.41) is 0. The average molecular weight is 325 g/mol. The lowest BCUT2D eigenvalue weighted by atomic mass is 9.80. The van der Waals surface area contributed by atoms with Gasteiger partial charge in [0.15, 0.2) is 0 Å². The SMILES string of the molecule is CCCCOc1ccc(C#C/C=C/C2CCC(CCC)CC2)cc1. The van der Waals surface area contributed by atoms with Gasteiger partial charge >= 0.3 is 0 Å². The smallest absolute Gasteiger partial charge is 0.119 e. The Hall–Kier alpha value is -1.68. The molecule has 0 aliphatic heterocycles. The lowest BCUT2D eigenvalue weighted by molar-refractivity contribution is 0.294. The topological polar surface area (TPSA) is 9.23 Å². The van der Waals surface area contributed by atoms with E-state index in [9.17, 15) is 0 Å². The fourth-order valence-corrected chi connectivity index (χ4v) is 3.36. The van der Waals surface area contributed by atoms with Crippen molar-refractivity contribution in [2.24, 2.45) is 11.8 Å². The molecular formula is C23H32O. The molecule has 0 unspecified atom stereocenters. The van der Waals surface area contributed by atoms with Crippen molar-refractivity contribution in [2.45, 2.75) is 65.2 Å². The van der Waals surface area contributed by atoms with E-state index in [1.807, 2.05) is 24.3 Å². The van der Waals surface area contributed by atoms with Gasteiger partial charge in [-0.2, -0.15) is 0 Å². The highest BCUT2D eigenvalue weighted by atomic mass is 16.5. The minimum atomic E-state index is 0.738. The number of benzene rings is 1. The minimum absolute atomic E-state index is 0.738. The molecule has 1 fully saturated rings. The molecule has 0 atom stereocenters. The molecule has 0 N–H and O–H groups in total. The largest absolute Gasteiger partial charge is 0.494 e. The molecule has 0 bridgehead atoms. The molecule has 1 saturated carbocycles. The third-order valence-electron chi connectivity index (χ3n) is 4.88. The normalized spacial score (nSPS) is 20.6. The molecule has 1 aliphatic rings. The maximum atomic E-state index is 5.67. The third kappa shape index (κ3) is 6.83. The Morgan fingerprint density at radius 1 is 1.04 bits per heavy atom. The van der Waals surface area contributed by atoms with Gasteiger partial charge in [-0.05, 0) is 74.3 Å². The van der Waals surface area contributed by atoms with E-state index >= 15 is 0 Å². The average Bonchev–Trinajstić information content (AvgIpc) is 2.62. The summed E-state index contributed by atoms with van der Waals surface area (Å²) in [7, 11) is 0. The van der Waals surface area contributed by atoms with Gasteiger partial charge in [-0.15, -0.1) is 0 Å². The lowest BCUT2D eigenvalue weighted by Gasteiger charge is -2.26. The van der Waals surface area contributed by atoms with Gasteiger partial charge in [0.1, 0.15) is 5.75 Å². The Morgan fingerprint density at radius 3 is 2.46 bits per heavy atom. The first-order valence-corrected chi connectivity index (χ1v) is 9.72. The van der Waals surface area contributed by atoms with Crippen molar-refractivity contribution in [1.82, 2.24) is 0 Å². The molecule has 2 rings (SSSR count). The molecular weight excluding hydrogens is 292 g/mol. The Morgan fingerprint density at radius 2 is 1.79 bits per heavy atom. The Balaban J connectivity index is 1.74. The maximum absolute atomic E-state index is 5.67. The molecule has 0 amide bonds. The molecule has 0 saturated heterocycles. The summed E-state index contributed by atoms with van der Waals surface area (Å²) < 4.78 is 5.67. The van der Waals surface area contributed by atoms with E-state index in [0.29, 0.717) is 0 Å². The van der Waals surface area contributed by atoms with Crippen molar-refractivity contribution in [1.29, 1.82) is 0 Å². The maximum Gasteiger partial charge on any atom is 0.119 e. The van der Waals surface area contributed by atoms with Gasteiger partial charge in [-0.3, -0.25) is 0 Å². The van der Waals surface area contributed by atoms with Crippen LogP contribution < -0.4 is 4.74 Å². The van der Waals surface area contributed by atoms with Gasteiger partial charge in [0.25, 0.3) is 0 Å². The first kappa shape index (κ1) is 18.7. The molecule has 0 radical (unpaired) electrons. The van der Waals surface area contributed by atoms with E-state index in [0.717, 1.165) is 42.6 Å². The van der Waals surface area contributed by atoms with E-state index in [2.05, 4.69) is 37.8 Å². The van der Waals surface area contributed by atoms with Gasteiger partial charge in [0.05, 0.1) is 6.61 Å². The van der Waals surface area contributed by atoms with Crippen LogP contribution >= 0.6 is 0 Å². The number of hydrogen-bond donors (Lipinski definition) is 0. The fraction of sp³-hybridized carbons (Fsp3) is 0.565. The van der Waals surface area contributed by atoms with Crippen LogP contribution in [0.1, 0.15) is 70.8 Å². The summed E-state index contributed by atoms with van der Waals surface area (Å²) in [5.41, 5.74) is 1.05. The number of allylic oxidation sites excluding steroid dienone is 2. The number of ether oxygens (including phenoxy) is 1. The Bertz CT molecular complexity index is 536. The standard InChI is InChI=1S/C23H32O/c1-3-5-19-24-23-17-15-22(16-18-23)10-7-6-9-21-13-11-20(8-4-2)12-14-21/h6,9,15-18,20-21H,3-5,8,11-14,19H2,1-2H3/b9-6+. The first-order chi connectivity index (χ1) is 11.8. The summed E-state index contributed by atoms with van der Waals surface area (Å²) in [5.74, 6) is 9.05. The fourth-order valence-electron chi connectivity index (χ4n) is 3.36. The molecule has 1 aliphatic carbocycles. The zero-order valence-corrected chi connectivity index (χ0v) is 15.4. The summed E-state index contributed by atoms with van der Waals surface area (Å²) >= 11 is 0. The molecule has 1 aromatic rings. The van der Waals surface area contributed by atoms with Crippen molar-refractivity contribution < 1.29 is 4.74 Å². The van der Waals surface area contributed by atoms with Crippen LogP contribution in [-0.2, 0) is 0 Å². The molecule has 1 aromatic carbocycles. The van der Waals surface area contributed by atoms with Crippen LogP contribution in [0.4, 0.5) is 0 Å². The quantitative estimate of drug-likeness (QED) is 0.417. The van der Waals surface area contributed by atoms with Crippen LogP contribution in [-0.4, -0.2) is 6.61 Å². The van der Waals surface area contributed by atoms with Crippen LogP contribution in [0.15, 0.2) is 36.4 Å². The van der Waals surface area contributed by atoms with Crippen LogP contribution in [0.25, 0.3) is 0 Å². The molecule has 0 heterocycles. The van der Waals surface area contributed by atoms with Gasteiger partial charge in [0, 0.05) is 5.56 Å². The van der Waals surface area contributed by atoms with E-state index < -0.39 is 0 Å².